The second kappa shape index (κ2) is 6.47. The molecule has 9 heteroatoms. The highest BCUT2D eigenvalue weighted by Crippen LogP contribution is 2.40. The highest BCUT2D eigenvalue weighted by molar-refractivity contribution is 7.50. The fraction of sp³-hybridized carbons (Fsp3) is 1.00. The van der Waals surface area contributed by atoms with Crippen molar-refractivity contribution in [3.63, 3.8) is 0 Å². The predicted molar refractivity (Wildman–Crippen MR) is 115 cm³/mol. The Kier molecular flexibility index (Phi) is 6.96. The summed E-state index contributed by atoms with van der Waals surface area (Å²) in [6.45, 7) is 28.7. The third-order valence-corrected chi connectivity index (χ3v) is 35.1. The summed E-state index contributed by atoms with van der Waals surface area (Å²) in [4.78, 5) is 0. The Morgan fingerprint density at radius 1 is 0.429 bits per heavy atom. The van der Waals surface area contributed by atoms with Gasteiger partial charge in [-0.25, -0.2) is 0 Å². The van der Waals surface area contributed by atoms with E-state index >= 15 is 0 Å². The van der Waals surface area contributed by atoms with Gasteiger partial charge in [0.05, 0.1) is 0 Å². The highest BCUT2D eigenvalue weighted by Gasteiger charge is 2.58. The molecule has 2 nitrogen and oxygen atoms in total. The number of nitrogens with zero attached hydrogens (tertiary/aromatic N) is 2. The standard InChI is InChI=1S/C12H36Cl2N2Si5/c1-17(2,3)15(18(4,5)6)21(13,14)16(19(7,8)9)20(10,11)12/h1-12H3. The molecule has 0 radical (unpaired) electrons. The van der Waals surface area contributed by atoms with Crippen LogP contribution in [-0.4, -0.2) is 47.8 Å². The highest BCUT2D eigenvalue weighted by atomic mass is 35.7. The van der Waals surface area contributed by atoms with Crippen LogP contribution in [0.1, 0.15) is 0 Å². The van der Waals surface area contributed by atoms with Gasteiger partial charge < -0.3 is 7.79 Å². The van der Waals surface area contributed by atoms with Crippen molar-refractivity contribution in [2.75, 3.05) is 0 Å². The molecular formula is C12H36Cl2N2Si5. The molecule has 0 saturated carbocycles. The van der Waals surface area contributed by atoms with Crippen molar-refractivity contribution in [2.45, 2.75) is 78.6 Å². The van der Waals surface area contributed by atoms with Crippen molar-refractivity contribution >= 4 is 62.1 Å². The van der Waals surface area contributed by atoms with Gasteiger partial charge in [0.15, 0.2) is 0 Å². The van der Waals surface area contributed by atoms with Crippen LogP contribution >= 0.6 is 22.2 Å². The van der Waals surface area contributed by atoms with E-state index in [0.717, 1.165) is 0 Å². The Morgan fingerprint density at radius 2 is 0.571 bits per heavy atom. The third kappa shape index (κ3) is 5.86. The van der Waals surface area contributed by atoms with Crippen molar-refractivity contribution in [1.29, 1.82) is 0 Å². The molecular weight excluding hydrogens is 383 g/mol. The molecule has 0 heterocycles. The zero-order valence-corrected chi connectivity index (χ0v) is 22.7. The Morgan fingerprint density at radius 3 is 0.667 bits per heavy atom. The predicted octanol–water partition coefficient (Wildman–Crippen LogP) is 5.84. The summed E-state index contributed by atoms with van der Waals surface area (Å²) in [5.41, 5.74) is 0. The smallest absolute Gasteiger partial charge is 0.332 e. The summed E-state index contributed by atoms with van der Waals surface area (Å²) in [6.07, 6.45) is 0. The molecule has 0 saturated heterocycles. The van der Waals surface area contributed by atoms with E-state index in [0.29, 0.717) is 0 Å². The van der Waals surface area contributed by atoms with Gasteiger partial charge in [-0.05, 0) is 0 Å². The van der Waals surface area contributed by atoms with Gasteiger partial charge in [0.25, 0.3) is 0 Å². The third-order valence-electron chi connectivity index (χ3n) is 3.22. The molecule has 0 amide bonds. The van der Waals surface area contributed by atoms with Crippen molar-refractivity contribution in [3.05, 3.63) is 0 Å². The van der Waals surface area contributed by atoms with Gasteiger partial charge in [-0.2, -0.15) is 0 Å². The molecule has 0 atom stereocenters. The van der Waals surface area contributed by atoms with Crippen LogP contribution in [-0.2, 0) is 0 Å². The maximum absolute atomic E-state index is 7.30. The lowest BCUT2D eigenvalue weighted by atomic mass is 11.8. The molecule has 0 fully saturated rings. The van der Waals surface area contributed by atoms with Crippen LogP contribution < -0.4 is 0 Å². The zero-order valence-electron chi connectivity index (χ0n) is 16.2. The minimum Gasteiger partial charge on any atom is -0.332 e. The lowest BCUT2D eigenvalue weighted by molar-refractivity contribution is 0.808. The average molecular weight is 420 g/mol. The molecule has 0 N–H and O–H groups in total. The SMILES string of the molecule is C[Si](C)(C)N([Si](C)(C)C)[Si](Cl)(Cl)N([Si](C)(C)C)[Si](C)(C)C. The van der Waals surface area contributed by atoms with Crippen LogP contribution in [0.3, 0.4) is 0 Å². The van der Waals surface area contributed by atoms with Crippen LogP contribution in [0.5, 0.6) is 0 Å². The van der Waals surface area contributed by atoms with Gasteiger partial charge in [-0.1, -0.05) is 78.6 Å². The molecule has 128 valence electrons. The fourth-order valence-electron chi connectivity index (χ4n) is 3.73. The maximum atomic E-state index is 7.30. The molecule has 21 heavy (non-hydrogen) atoms. The monoisotopic (exact) mass is 418 g/mol. The van der Waals surface area contributed by atoms with Gasteiger partial charge in [-0.3, -0.25) is 0 Å². The summed E-state index contributed by atoms with van der Waals surface area (Å²) >= 11 is 14.6. The Balaban J connectivity index is 6.21. The zero-order chi connectivity index (χ0) is 17.7. The second-order valence-corrected chi connectivity index (χ2v) is 37.4. The molecule has 0 aliphatic carbocycles. The van der Waals surface area contributed by atoms with Crippen LogP contribution in [0.15, 0.2) is 0 Å². The van der Waals surface area contributed by atoms with Crippen molar-refractivity contribution in [1.82, 2.24) is 7.79 Å². The summed E-state index contributed by atoms with van der Waals surface area (Å²) in [7, 11) is -8.97. The van der Waals surface area contributed by atoms with Crippen molar-refractivity contribution in [2.24, 2.45) is 0 Å². The summed E-state index contributed by atoms with van der Waals surface area (Å²) in [5, 5.41) is 0. The second-order valence-electron chi connectivity index (χ2n) is 9.86. The maximum Gasteiger partial charge on any atom is 0.382 e. The van der Waals surface area contributed by atoms with E-state index in [4.69, 9.17) is 22.2 Å². The lowest BCUT2D eigenvalue weighted by Crippen LogP contribution is -2.80. The van der Waals surface area contributed by atoms with Gasteiger partial charge in [-0.15, -0.1) is 22.2 Å². The van der Waals surface area contributed by atoms with E-state index in [9.17, 15) is 0 Å². The number of rotatable bonds is 6. The van der Waals surface area contributed by atoms with Gasteiger partial charge >= 0.3 is 7.02 Å². The largest absolute Gasteiger partial charge is 0.382 e. The molecule has 0 aromatic rings. The average Bonchev–Trinajstić information content (AvgIpc) is 1.84. The minimum absolute atomic E-state index is 1.58. The summed E-state index contributed by atoms with van der Waals surface area (Å²) < 4.78 is 5.35. The van der Waals surface area contributed by atoms with Crippen LogP contribution in [0.4, 0.5) is 0 Å². The Labute approximate surface area is 148 Å². The molecule has 0 aromatic carbocycles. The van der Waals surface area contributed by atoms with Gasteiger partial charge in [0.2, 0.25) is 0 Å². The number of hydrogen-bond acceptors (Lipinski definition) is 2. The lowest BCUT2D eigenvalue weighted by Gasteiger charge is -2.58. The van der Waals surface area contributed by atoms with E-state index < -0.39 is 40.0 Å². The molecule has 0 rings (SSSR count). The topological polar surface area (TPSA) is 6.48 Å². The van der Waals surface area contributed by atoms with E-state index in [2.05, 4.69) is 86.4 Å². The summed E-state index contributed by atoms with van der Waals surface area (Å²) in [6, 6.07) is 0. The molecule has 0 aliphatic heterocycles. The van der Waals surface area contributed by atoms with Crippen LogP contribution in [0, 0.1) is 0 Å². The van der Waals surface area contributed by atoms with Gasteiger partial charge in [0, 0.05) is 0 Å². The van der Waals surface area contributed by atoms with Crippen LogP contribution in [0.25, 0.3) is 0 Å². The first kappa shape index (κ1) is 22.6. The van der Waals surface area contributed by atoms with E-state index in [1.165, 1.54) is 0 Å². The number of hydrogen-bond donors (Lipinski definition) is 0. The quantitative estimate of drug-likeness (QED) is 0.394. The normalized spacial score (nSPS) is 16.0. The first-order valence-corrected chi connectivity index (χ1v) is 25.4. The first-order chi connectivity index (χ1) is 8.73. The van der Waals surface area contributed by atoms with E-state index in [1.807, 2.05) is 0 Å². The fourth-order valence-corrected chi connectivity index (χ4v) is 53.6. The minimum atomic E-state index is -2.65. The Hall–Kier alpha value is 1.58. The molecule has 0 aromatic heterocycles. The molecule has 0 bridgehead atoms. The van der Waals surface area contributed by atoms with E-state index in [-0.39, 0.29) is 0 Å². The summed E-state index contributed by atoms with van der Waals surface area (Å²) in [5.74, 6) is 0. The van der Waals surface area contributed by atoms with Gasteiger partial charge in [0.1, 0.15) is 32.9 Å². The van der Waals surface area contributed by atoms with Crippen molar-refractivity contribution < 1.29 is 0 Å². The molecule has 0 aliphatic rings. The number of halogens is 2. The van der Waals surface area contributed by atoms with Crippen LogP contribution in [0.2, 0.25) is 78.6 Å². The van der Waals surface area contributed by atoms with E-state index in [1.54, 1.807) is 0 Å². The van der Waals surface area contributed by atoms with Crippen molar-refractivity contribution in [3.8, 4) is 0 Å². The Bertz CT molecular complexity index is 302. The molecule has 0 spiro atoms. The first-order valence-electron chi connectivity index (χ1n) is 7.72. The molecule has 0 unspecified atom stereocenters.